The summed E-state index contributed by atoms with van der Waals surface area (Å²) in [7, 11) is -3.45. The Morgan fingerprint density at radius 1 is 1.00 bits per heavy atom. The maximum absolute atomic E-state index is 13.1. The Morgan fingerprint density at radius 3 is 2.40 bits per heavy atom. The molecule has 136 valence electrons. The van der Waals surface area contributed by atoms with E-state index >= 15 is 0 Å². The molecule has 0 spiro atoms. The number of hydrogen-bond donors (Lipinski definition) is 0. The van der Waals surface area contributed by atoms with Crippen molar-refractivity contribution in [2.45, 2.75) is 44.9 Å². The Bertz CT molecular complexity index is 827. The van der Waals surface area contributed by atoms with Crippen LogP contribution in [0.2, 0.25) is 0 Å². The fourth-order valence-electron chi connectivity index (χ4n) is 4.63. The lowest BCUT2D eigenvalue weighted by atomic mass is 9.60. The van der Waals surface area contributed by atoms with Crippen LogP contribution in [0.3, 0.4) is 0 Å². The maximum atomic E-state index is 13.1. The van der Waals surface area contributed by atoms with Gasteiger partial charge in [0.1, 0.15) is 0 Å². The molecule has 4 rings (SSSR count). The highest BCUT2D eigenvalue weighted by atomic mass is 32.2. The van der Waals surface area contributed by atoms with Gasteiger partial charge in [-0.15, -0.1) is 0 Å². The van der Waals surface area contributed by atoms with Gasteiger partial charge in [-0.2, -0.15) is 4.31 Å². The molecular formula is C20H27NO3S. The highest BCUT2D eigenvalue weighted by Crippen LogP contribution is 2.54. The van der Waals surface area contributed by atoms with Gasteiger partial charge in [0.15, 0.2) is 0 Å². The van der Waals surface area contributed by atoms with Crippen LogP contribution < -0.4 is 0 Å². The van der Waals surface area contributed by atoms with E-state index in [1.54, 1.807) is 16.4 Å². The maximum Gasteiger partial charge on any atom is 0.243 e. The van der Waals surface area contributed by atoms with Crippen molar-refractivity contribution in [1.82, 2.24) is 4.31 Å². The molecule has 0 saturated carbocycles. The number of fused-ring (bicyclic) bond motifs is 2. The molecule has 1 aliphatic carbocycles. The third kappa shape index (κ3) is 2.68. The number of sulfonamides is 1. The van der Waals surface area contributed by atoms with Crippen molar-refractivity contribution in [3.8, 4) is 0 Å². The Morgan fingerprint density at radius 2 is 1.68 bits per heavy atom. The second kappa shape index (κ2) is 5.66. The highest BCUT2D eigenvalue weighted by molar-refractivity contribution is 7.89. The number of rotatable bonds is 2. The zero-order valence-electron chi connectivity index (χ0n) is 15.3. The van der Waals surface area contributed by atoms with Crippen LogP contribution in [-0.4, -0.2) is 39.0 Å². The summed E-state index contributed by atoms with van der Waals surface area (Å²) in [6.07, 6.45) is 3.17. The molecule has 0 bridgehead atoms. The van der Waals surface area contributed by atoms with Crippen LogP contribution in [0, 0.1) is 17.8 Å². The Kier molecular flexibility index (Phi) is 3.91. The van der Waals surface area contributed by atoms with Gasteiger partial charge in [-0.1, -0.05) is 31.5 Å². The van der Waals surface area contributed by atoms with E-state index in [0.29, 0.717) is 24.6 Å². The SMILES string of the molecule is Cc1ccc(S(=O)(=O)N2CC[C@]3(C)CC[C@@]4(C)COCC4=C3C2)cc1. The van der Waals surface area contributed by atoms with Crippen LogP contribution in [0.4, 0.5) is 0 Å². The van der Waals surface area contributed by atoms with Gasteiger partial charge >= 0.3 is 0 Å². The fraction of sp³-hybridized carbons (Fsp3) is 0.600. The first kappa shape index (κ1) is 17.3. The molecule has 1 aromatic carbocycles. The predicted molar refractivity (Wildman–Crippen MR) is 97.8 cm³/mol. The number of aryl methyl sites for hydroxylation is 1. The van der Waals surface area contributed by atoms with E-state index in [1.807, 2.05) is 19.1 Å². The molecular weight excluding hydrogens is 334 g/mol. The minimum atomic E-state index is -3.45. The normalized spacial score (nSPS) is 33.2. The number of hydrogen-bond acceptors (Lipinski definition) is 3. The smallest absolute Gasteiger partial charge is 0.243 e. The lowest BCUT2D eigenvalue weighted by Gasteiger charge is -2.48. The Hall–Kier alpha value is -1.17. The van der Waals surface area contributed by atoms with E-state index in [1.165, 1.54) is 11.1 Å². The Balaban J connectivity index is 1.71. The van der Waals surface area contributed by atoms with Gasteiger partial charge < -0.3 is 4.74 Å². The molecule has 25 heavy (non-hydrogen) atoms. The van der Waals surface area contributed by atoms with E-state index in [2.05, 4.69) is 13.8 Å². The number of nitrogens with zero attached hydrogens (tertiary/aromatic N) is 1. The minimum absolute atomic E-state index is 0.103. The van der Waals surface area contributed by atoms with Gasteiger partial charge in [0.2, 0.25) is 10.0 Å². The van der Waals surface area contributed by atoms with Crippen molar-refractivity contribution in [3.63, 3.8) is 0 Å². The predicted octanol–water partition coefficient (Wildman–Crippen LogP) is 3.52. The van der Waals surface area contributed by atoms with Crippen LogP contribution >= 0.6 is 0 Å². The molecule has 2 aliphatic heterocycles. The van der Waals surface area contributed by atoms with Gasteiger partial charge in [-0.3, -0.25) is 0 Å². The Labute approximate surface area is 150 Å². The lowest BCUT2D eigenvalue weighted by Crippen LogP contribution is -2.47. The van der Waals surface area contributed by atoms with Crippen molar-refractivity contribution < 1.29 is 13.2 Å². The quantitative estimate of drug-likeness (QED) is 0.757. The van der Waals surface area contributed by atoms with Crippen molar-refractivity contribution in [2.24, 2.45) is 10.8 Å². The molecule has 0 N–H and O–H groups in total. The van der Waals surface area contributed by atoms with Crippen LogP contribution in [0.5, 0.6) is 0 Å². The monoisotopic (exact) mass is 361 g/mol. The molecule has 2 atom stereocenters. The first-order valence-electron chi connectivity index (χ1n) is 9.12. The number of ether oxygens (including phenoxy) is 1. The standard InChI is InChI=1S/C20H27NO3S/c1-15-4-6-16(7-5-15)25(22,23)21-11-10-19(2)8-9-20(3)14-24-13-18(20)17(19)12-21/h4-7H,8-14H2,1-3H3/t19-,20-/m0/s1. The summed E-state index contributed by atoms with van der Waals surface area (Å²) in [4.78, 5) is 0.397. The van der Waals surface area contributed by atoms with Crippen LogP contribution in [0.1, 0.15) is 38.7 Å². The van der Waals surface area contributed by atoms with Crippen molar-refractivity contribution in [1.29, 1.82) is 0 Å². The summed E-state index contributed by atoms with van der Waals surface area (Å²) in [5.41, 5.74) is 3.99. The highest BCUT2D eigenvalue weighted by Gasteiger charge is 2.49. The zero-order valence-corrected chi connectivity index (χ0v) is 16.2. The van der Waals surface area contributed by atoms with Gasteiger partial charge in [0.05, 0.1) is 18.1 Å². The molecule has 2 heterocycles. The molecule has 5 heteroatoms. The van der Waals surface area contributed by atoms with Crippen LogP contribution in [-0.2, 0) is 14.8 Å². The third-order valence-corrected chi connectivity index (χ3v) is 8.48. The summed E-state index contributed by atoms with van der Waals surface area (Å²) >= 11 is 0. The van der Waals surface area contributed by atoms with Gasteiger partial charge in [-0.25, -0.2) is 8.42 Å². The van der Waals surface area contributed by atoms with Gasteiger partial charge in [0.25, 0.3) is 0 Å². The third-order valence-electron chi connectivity index (χ3n) is 6.62. The van der Waals surface area contributed by atoms with E-state index in [-0.39, 0.29) is 10.8 Å². The van der Waals surface area contributed by atoms with Gasteiger partial charge in [-0.05, 0) is 54.9 Å². The molecule has 0 unspecified atom stereocenters. The summed E-state index contributed by atoms with van der Waals surface area (Å²) in [6, 6.07) is 7.18. The molecule has 3 aliphatic rings. The average molecular weight is 362 g/mol. The van der Waals surface area contributed by atoms with Crippen LogP contribution in [0.15, 0.2) is 40.3 Å². The molecule has 2 fully saturated rings. The van der Waals surface area contributed by atoms with E-state index < -0.39 is 10.0 Å². The largest absolute Gasteiger partial charge is 0.376 e. The van der Waals surface area contributed by atoms with E-state index in [4.69, 9.17) is 4.74 Å². The minimum Gasteiger partial charge on any atom is -0.376 e. The summed E-state index contributed by atoms with van der Waals surface area (Å²) < 4.78 is 33.7. The van der Waals surface area contributed by atoms with Crippen molar-refractivity contribution in [3.05, 3.63) is 41.0 Å². The average Bonchev–Trinajstić information content (AvgIpc) is 2.97. The van der Waals surface area contributed by atoms with Crippen molar-refractivity contribution >= 4 is 10.0 Å². The molecule has 2 saturated heterocycles. The van der Waals surface area contributed by atoms with E-state index in [0.717, 1.165) is 31.4 Å². The molecule has 0 radical (unpaired) electrons. The topological polar surface area (TPSA) is 46.6 Å². The first-order valence-corrected chi connectivity index (χ1v) is 10.6. The molecule has 0 amide bonds. The molecule has 4 nitrogen and oxygen atoms in total. The van der Waals surface area contributed by atoms with Crippen molar-refractivity contribution in [2.75, 3.05) is 26.3 Å². The number of benzene rings is 1. The summed E-state index contributed by atoms with van der Waals surface area (Å²) in [6.45, 7) is 9.10. The van der Waals surface area contributed by atoms with E-state index in [9.17, 15) is 8.42 Å². The number of piperidine rings is 1. The zero-order chi connectivity index (χ0) is 17.9. The molecule has 0 aromatic heterocycles. The molecule has 1 aromatic rings. The van der Waals surface area contributed by atoms with Gasteiger partial charge in [0, 0.05) is 18.5 Å². The first-order chi connectivity index (χ1) is 11.7. The summed E-state index contributed by atoms with van der Waals surface area (Å²) in [5, 5.41) is 0. The fourth-order valence-corrected chi connectivity index (χ4v) is 6.04. The lowest BCUT2D eigenvalue weighted by molar-refractivity contribution is 0.134. The second-order valence-corrected chi connectivity index (χ2v) is 10.4. The summed E-state index contributed by atoms with van der Waals surface area (Å²) in [5.74, 6) is 0. The second-order valence-electron chi connectivity index (χ2n) is 8.47. The van der Waals surface area contributed by atoms with Crippen LogP contribution in [0.25, 0.3) is 0 Å².